The maximum absolute atomic E-state index is 6.01. The van der Waals surface area contributed by atoms with Crippen molar-refractivity contribution in [1.82, 2.24) is 9.78 Å². The molecule has 2 nitrogen and oxygen atoms in total. The van der Waals surface area contributed by atoms with Gasteiger partial charge < -0.3 is 0 Å². The smallest absolute Gasteiger partial charge is 0.0648 e. The minimum atomic E-state index is 0.737. The van der Waals surface area contributed by atoms with Gasteiger partial charge in [-0.25, -0.2) is 4.68 Å². The van der Waals surface area contributed by atoms with Crippen molar-refractivity contribution in [3.05, 3.63) is 71.5 Å². The average molecular weight is 269 g/mol. The van der Waals surface area contributed by atoms with Gasteiger partial charge in [0, 0.05) is 16.8 Å². The molecule has 3 heteroatoms. The van der Waals surface area contributed by atoms with Gasteiger partial charge in [0.2, 0.25) is 0 Å². The molecule has 0 aliphatic carbocycles. The number of benzene rings is 2. The Balaban J connectivity index is 2.00. The molecular weight excluding hydrogens is 256 g/mol. The van der Waals surface area contributed by atoms with E-state index in [1.807, 2.05) is 53.5 Å². The van der Waals surface area contributed by atoms with Crippen LogP contribution in [0.25, 0.3) is 16.8 Å². The van der Waals surface area contributed by atoms with Crippen LogP contribution in [-0.2, 0) is 0 Å². The molecule has 0 N–H and O–H groups in total. The lowest BCUT2D eigenvalue weighted by molar-refractivity contribution is 0.879. The lowest BCUT2D eigenvalue weighted by Gasteiger charge is -2.02. The second-order valence-corrected chi connectivity index (χ2v) is 4.96. The summed E-state index contributed by atoms with van der Waals surface area (Å²) < 4.78 is 1.88. The van der Waals surface area contributed by atoms with Crippen LogP contribution < -0.4 is 0 Å². The van der Waals surface area contributed by atoms with E-state index in [0.717, 1.165) is 21.8 Å². The highest BCUT2D eigenvalue weighted by molar-refractivity contribution is 6.30. The van der Waals surface area contributed by atoms with E-state index >= 15 is 0 Å². The predicted molar refractivity (Wildman–Crippen MR) is 78.7 cm³/mol. The van der Waals surface area contributed by atoms with Gasteiger partial charge >= 0.3 is 0 Å². The van der Waals surface area contributed by atoms with Crippen molar-refractivity contribution in [2.75, 3.05) is 0 Å². The van der Waals surface area contributed by atoms with Crippen molar-refractivity contribution in [1.29, 1.82) is 0 Å². The van der Waals surface area contributed by atoms with E-state index in [2.05, 4.69) is 24.2 Å². The molecule has 0 atom stereocenters. The Bertz CT molecular complexity index is 656. The molecule has 0 unspecified atom stereocenters. The van der Waals surface area contributed by atoms with Gasteiger partial charge in [-0.1, -0.05) is 35.9 Å². The average Bonchev–Trinajstić information content (AvgIpc) is 2.88. The van der Waals surface area contributed by atoms with Crippen LogP contribution >= 0.6 is 11.6 Å². The molecule has 0 saturated heterocycles. The van der Waals surface area contributed by atoms with Crippen molar-refractivity contribution in [2.45, 2.75) is 6.92 Å². The van der Waals surface area contributed by atoms with Gasteiger partial charge in [-0.3, -0.25) is 0 Å². The highest BCUT2D eigenvalue weighted by atomic mass is 35.5. The third-order valence-electron chi connectivity index (χ3n) is 3.01. The number of hydrogen-bond donors (Lipinski definition) is 0. The number of nitrogens with zero attached hydrogens (tertiary/aromatic N) is 2. The summed E-state index contributed by atoms with van der Waals surface area (Å²) in [5, 5.41) is 5.14. The summed E-state index contributed by atoms with van der Waals surface area (Å²) in [4.78, 5) is 0. The van der Waals surface area contributed by atoms with Crippen molar-refractivity contribution in [3.8, 4) is 16.8 Å². The SMILES string of the molecule is Cc1cccc(-n2cc(-c3cccc(Cl)c3)cn2)c1. The first-order chi connectivity index (χ1) is 9.22. The van der Waals surface area contributed by atoms with E-state index in [4.69, 9.17) is 11.6 Å². The highest BCUT2D eigenvalue weighted by Gasteiger charge is 2.04. The van der Waals surface area contributed by atoms with E-state index < -0.39 is 0 Å². The Morgan fingerprint density at radius 1 is 1.00 bits per heavy atom. The molecule has 0 amide bonds. The number of halogens is 1. The molecule has 2 aromatic carbocycles. The summed E-state index contributed by atoms with van der Waals surface area (Å²) in [5.74, 6) is 0. The van der Waals surface area contributed by atoms with Gasteiger partial charge in [0.25, 0.3) is 0 Å². The number of hydrogen-bond acceptors (Lipinski definition) is 1. The van der Waals surface area contributed by atoms with Crippen molar-refractivity contribution in [3.63, 3.8) is 0 Å². The van der Waals surface area contributed by atoms with Crippen LogP contribution in [0.15, 0.2) is 60.9 Å². The zero-order valence-electron chi connectivity index (χ0n) is 10.5. The second-order valence-electron chi connectivity index (χ2n) is 4.52. The lowest BCUT2D eigenvalue weighted by atomic mass is 10.1. The number of aryl methyl sites for hydroxylation is 1. The predicted octanol–water partition coefficient (Wildman–Crippen LogP) is 4.50. The van der Waals surface area contributed by atoms with Gasteiger partial charge in [0.1, 0.15) is 0 Å². The minimum absolute atomic E-state index is 0.737. The van der Waals surface area contributed by atoms with Crippen molar-refractivity contribution >= 4 is 11.6 Å². The second kappa shape index (κ2) is 4.90. The van der Waals surface area contributed by atoms with Crippen molar-refractivity contribution < 1.29 is 0 Å². The Kier molecular flexibility index (Phi) is 3.10. The molecule has 0 spiro atoms. The van der Waals surface area contributed by atoms with Crippen LogP contribution in [0.5, 0.6) is 0 Å². The fourth-order valence-corrected chi connectivity index (χ4v) is 2.24. The standard InChI is InChI=1S/C16H13ClN2/c1-12-4-2-7-16(8-12)19-11-14(10-18-19)13-5-3-6-15(17)9-13/h2-11H,1H3. The fourth-order valence-electron chi connectivity index (χ4n) is 2.05. The minimum Gasteiger partial charge on any atom is -0.240 e. The topological polar surface area (TPSA) is 17.8 Å². The summed E-state index contributed by atoms with van der Waals surface area (Å²) in [7, 11) is 0. The van der Waals surface area contributed by atoms with E-state index in [-0.39, 0.29) is 0 Å². The van der Waals surface area contributed by atoms with Crippen LogP contribution in [0.1, 0.15) is 5.56 Å². The van der Waals surface area contributed by atoms with Gasteiger partial charge in [-0.2, -0.15) is 5.10 Å². The Morgan fingerprint density at radius 2 is 1.84 bits per heavy atom. The molecule has 0 fully saturated rings. The summed E-state index contributed by atoms with van der Waals surface area (Å²) >= 11 is 6.01. The Morgan fingerprint density at radius 3 is 2.63 bits per heavy atom. The molecule has 0 radical (unpaired) electrons. The zero-order chi connectivity index (χ0) is 13.2. The summed E-state index contributed by atoms with van der Waals surface area (Å²) in [6.07, 6.45) is 3.87. The Labute approximate surface area is 117 Å². The molecule has 0 saturated carbocycles. The van der Waals surface area contributed by atoms with Crippen LogP contribution in [0.3, 0.4) is 0 Å². The molecule has 1 aromatic heterocycles. The molecule has 3 aromatic rings. The van der Waals surface area contributed by atoms with E-state index in [1.165, 1.54) is 5.56 Å². The summed E-state index contributed by atoms with van der Waals surface area (Å²) in [6, 6.07) is 16.0. The molecule has 0 bridgehead atoms. The first-order valence-corrected chi connectivity index (χ1v) is 6.48. The van der Waals surface area contributed by atoms with Crippen LogP contribution in [-0.4, -0.2) is 9.78 Å². The largest absolute Gasteiger partial charge is 0.240 e. The molecule has 19 heavy (non-hydrogen) atoms. The van der Waals surface area contributed by atoms with Gasteiger partial charge in [-0.05, 0) is 42.3 Å². The maximum Gasteiger partial charge on any atom is 0.0648 e. The first kappa shape index (κ1) is 12.0. The van der Waals surface area contributed by atoms with E-state index in [1.54, 1.807) is 0 Å². The number of aromatic nitrogens is 2. The number of rotatable bonds is 2. The molecule has 0 aliphatic rings. The molecule has 1 heterocycles. The van der Waals surface area contributed by atoms with E-state index in [9.17, 15) is 0 Å². The van der Waals surface area contributed by atoms with Crippen LogP contribution in [0, 0.1) is 6.92 Å². The molecule has 3 rings (SSSR count). The Hall–Kier alpha value is -2.06. The van der Waals surface area contributed by atoms with Gasteiger partial charge in [0.15, 0.2) is 0 Å². The van der Waals surface area contributed by atoms with E-state index in [0.29, 0.717) is 0 Å². The maximum atomic E-state index is 6.01. The van der Waals surface area contributed by atoms with Crippen molar-refractivity contribution in [2.24, 2.45) is 0 Å². The third-order valence-corrected chi connectivity index (χ3v) is 3.24. The normalized spacial score (nSPS) is 10.6. The van der Waals surface area contributed by atoms with Crippen LogP contribution in [0.4, 0.5) is 0 Å². The monoisotopic (exact) mass is 268 g/mol. The fraction of sp³-hybridized carbons (Fsp3) is 0.0625. The summed E-state index contributed by atoms with van der Waals surface area (Å²) in [6.45, 7) is 2.07. The summed E-state index contributed by atoms with van der Waals surface area (Å²) in [5.41, 5.74) is 4.42. The lowest BCUT2D eigenvalue weighted by Crippen LogP contribution is -1.93. The van der Waals surface area contributed by atoms with Gasteiger partial charge in [-0.15, -0.1) is 0 Å². The third kappa shape index (κ3) is 2.54. The van der Waals surface area contributed by atoms with Gasteiger partial charge in [0.05, 0.1) is 11.9 Å². The zero-order valence-corrected chi connectivity index (χ0v) is 11.3. The highest BCUT2D eigenvalue weighted by Crippen LogP contribution is 2.23. The first-order valence-electron chi connectivity index (χ1n) is 6.10. The van der Waals surface area contributed by atoms with Crippen LogP contribution in [0.2, 0.25) is 5.02 Å². The molecular formula is C16H13ClN2. The molecule has 94 valence electrons. The molecule has 0 aliphatic heterocycles. The quantitative estimate of drug-likeness (QED) is 0.669.